The molecule has 0 spiro atoms. The maximum Gasteiger partial charge on any atom is 0.252 e. The van der Waals surface area contributed by atoms with Crippen LogP contribution in [-0.2, 0) is 9.59 Å². The SMILES string of the molecule is CCN1C(=O)CC(C)[C@@]1(C)C(=O)N(C)c1ccccc1. The first-order valence-electron chi connectivity index (χ1n) is 7.06. The van der Waals surface area contributed by atoms with Crippen molar-refractivity contribution >= 4 is 17.5 Å². The van der Waals surface area contributed by atoms with Gasteiger partial charge in [0.25, 0.3) is 5.91 Å². The maximum atomic E-state index is 12.9. The van der Waals surface area contributed by atoms with Gasteiger partial charge < -0.3 is 9.80 Å². The Balaban J connectivity index is 2.34. The van der Waals surface area contributed by atoms with Crippen molar-refractivity contribution in [3.8, 4) is 0 Å². The average molecular weight is 274 g/mol. The number of anilines is 1. The molecule has 0 aliphatic carbocycles. The highest BCUT2D eigenvalue weighted by atomic mass is 16.2. The summed E-state index contributed by atoms with van der Waals surface area (Å²) in [6.07, 6.45) is 0.443. The molecule has 1 aromatic rings. The van der Waals surface area contributed by atoms with Gasteiger partial charge in [-0.3, -0.25) is 9.59 Å². The number of rotatable bonds is 3. The van der Waals surface area contributed by atoms with Crippen molar-refractivity contribution in [1.29, 1.82) is 0 Å². The number of para-hydroxylation sites is 1. The number of nitrogens with zero attached hydrogens (tertiary/aromatic N) is 2. The Hall–Kier alpha value is -1.84. The topological polar surface area (TPSA) is 40.6 Å². The molecule has 4 nitrogen and oxygen atoms in total. The number of carbonyl (C=O) groups excluding carboxylic acids is 2. The molecule has 1 fully saturated rings. The van der Waals surface area contributed by atoms with Crippen molar-refractivity contribution in [2.45, 2.75) is 32.7 Å². The van der Waals surface area contributed by atoms with E-state index in [0.717, 1.165) is 5.69 Å². The Morgan fingerprint density at radius 2 is 2.00 bits per heavy atom. The molecular weight excluding hydrogens is 252 g/mol. The van der Waals surface area contributed by atoms with Gasteiger partial charge in [-0.1, -0.05) is 25.1 Å². The summed E-state index contributed by atoms with van der Waals surface area (Å²) in [5.41, 5.74) is 0.0949. The molecule has 108 valence electrons. The lowest BCUT2D eigenvalue weighted by atomic mass is 9.86. The summed E-state index contributed by atoms with van der Waals surface area (Å²) in [4.78, 5) is 28.3. The van der Waals surface area contributed by atoms with E-state index >= 15 is 0 Å². The molecule has 1 saturated heterocycles. The predicted molar refractivity (Wildman–Crippen MR) is 79.4 cm³/mol. The molecule has 20 heavy (non-hydrogen) atoms. The zero-order valence-electron chi connectivity index (χ0n) is 12.6. The molecule has 1 aromatic carbocycles. The van der Waals surface area contributed by atoms with Gasteiger partial charge in [0.1, 0.15) is 5.54 Å². The first-order chi connectivity index (χ1) is 9.42. The fourth-order valence-electron chi connectivity index (χ4n) is 3.04. The van der Waals surface area contributed by atoms with Gasteiger partial charge in [0.2, 0.25) is 5.91 Å². The van der Waals surface area contributed by atoms with Crippen molar-refractivity contribution in [2.75, 3.05) is 18.5 Å². The largest absolute Gasteiger partial charge is 0.328 e. The summed E-state index contributed by atoms with van der Waals surface area (Å²) in [6.45, 7) is 6.34. The Bertz CT molecular complexity index is 514. The monoisotopic (exact) mass is 274 g/mol. The van der Waals surface area contributed by atoms with E-state index in [1.807, 2.05) is 51.1 Å². The summed E-state index contributed by atoms with van der Waals surface area (Å²) in [5.74, 6) is 0.0647. The minimum atomic E-state index is -0.754. The third kappa shape index (κ3) is 2.09. The van der Waals surface area contributed by atoms with Crippen LogP contribution in [0.1, 0.15) is 27.2 Å². The zero-order valence-corrected chi connectivity index (χ0v) is 12.6. The maximum absolute atomic E-state index is 12.9. The summed E-state index contributed by atoms with van der Waals surface area (Å²) >= 11 is 0. The lowest BCUT2D eigenvalue weighted by Gasteiger charge is -2.39. The molecular formula is C16H22N2O2. The van der Waals surface area contributed by atoms with E-state index < -0.39 is 5.54 Å². The molecule has 0 aromatic heterocycles. The van der Waals surface area contributed by atoms with Gasteiger partial charge in [-0.25, -0.2) is 0 Å². The van der Waals surface area contributed by atoms with Crippen LogP contribution in [0.3, 0.4) is 0 Å². The number of hydrogen-bond donors (Lipinski definition) is 0. The van der Waals surface area contributed by atoms with E-state index in [1.165, 1.54) is 0 Å². The first-order valence-corrected chi connectivity index (χ1v) is 7.06. The second-order valence-electron chi connectivity index (χ2n) is 5.59. The van der Waals surface area contributed by atoms with Crippen molar-refractivity contribution in [1.82, 2.24) is 4.90 Å². The van der Waals surface area contributed by atoms with Crippen molar-refractivity contribution in [2.24, 2.45) is 5.92 Å². The van der Waals surface area contributed by atoms with Crippen molar-refractivity contribution in [3.63, 3.8) is 0 Å². The highest BCUT2D eigenvalue weighted by Gasteiger charge is 2.52. The standard InChI is InChI=1S/C16H22N2O2/c1-5-18-14(19)11-12(2)16(18,3)15(20)17(4)13-9-7-6-8-10-13/h6-10,12H,5,11H2,1-4H3/t12?,16-/m0/s1. The molecule has 4 heteroatoms. The molecule has 0 N–H and O–H groups in total. The highest BCUT2D eigenvalue weighted by Crippen LogP contribution is 2.37. The molecule has 1 unspecified atom stereocenters. The number of hydrogen-bond acceptors (Lipinski definition) is 2. The number of benzene rings is 1. The fourth-order valence-corrected chi connectivity index (χ4v) is 3.04. The molecule has 1 heterocycles. The van der Waals surface area contributed by atoms with Gasteiger partial charge in [-0.05, 0) is 31.9 Å². The molecule has 2 amide bonds. The lowest BCUT2D eigenvalue weighted by molar-refractivity contribution is -0.139. The summed E-state index contributed by atoms with van der Waals surface area (Å²) in [5, 5.41) is 0. The van der Waals surface area contributed by atoms with Crippen molar-refractivity contribution < 1.29 is 9.59 Å². The Labute approximate surface area is 120 Å². The fraction of sp³-hybridized carbons (Fsp3) is 0.500. The Morgan fingerprint density at radius 1 is 1.40 bits per heavy atom. The normalized spacial score (nSPS) is 25.9. The van der Waals surface area contributed by atoms with Gasteiger partial charge in [0, 0.05) is 25.7 Å². The number of likely N-dealkylation sites (N-methyl/N-ethyl adjacent to an activating group) is 2. The number of likely N-dealkylation sites (tertiary alicyclic amines) is 1. The van der Waals surface area contributed by atoms with Crippen LogP contribution in [0.2, 0.25) is 0 Å². The predicted octanol–water partition coefficient (Wildman–Crippen LogP) is 2.30. The van der Waals surface area contributed by atoms with Crippen molar-refractivity contribution in [3.05, 3.63) is 30.3 Å². The van der Waals surface area contributed by atoms with Gasteiger partial charge in [0.05, 0.1) is 0 Å². The van der Waals surface area contributed by atoms with Crippen LogP contribution in [0, 0.1) is 5.92 Å². The second-order valence-corrected chi connectivity index (χ2v) is 5.59. The van der Waals surface area contributed by atoms with E-state index in [0.29, 0.717) is 13.0 Å². The van der Waals surface area contributed by atoms with Gasteiger partial charge in [0.15, 0.2) is 0 Å². The third-order valence-electron chi connectivity index (χ3n) is 4.50. The number of carbonyl (C=O) groups is 2. The first kappa shape index (κ1) is 14.6. The van der Waals surface area contributed by atoms with Gasteiger partial charge in [-0.2, -0.15) is 0 Å². The number of amides is 2. The van der Waals surface area contributed by atoms with E-state index in [-0.39, 0.29) is 17.7 Å². The van der Waals surface area contributed by atoms with Crippen LogP contribution in [0.25, 0.3) is 0 Å². The molecule has 1 aliphatic rings. The van der Waals surface area contributed by atoms with E-state index in [9.17, 15) is 9.59 Å². The quantitative estimate of drug-likeness (QED) is 0.848. The Kier molecular flexibility index (Phi) is 3.84. The van der Waals surface area contributed by atoms with Crippen LogP contribution in [0.4, 0.5) is 5.69 Å². The Morgan fingerprint density at radius 3 is 2.55 bits per heavy atom. The smallest absolute Gasteiger partial charge is 0.252 e. The van der Waals surface area contributed by atoms with E-state index in [4.69, 9.17) is 0 Å². The summed E-state index contributed by atoms with van der Waals surface area (Å²) in [6, 6.07) is 9.53. The molecule has 0 radical (unpaired) electrons. The minimum Gasteiger partial charge on any atom is -0.328 e. The lowest BCUT2D eigenvalue weighted by Crippen LogP contribution is -2.57. The van der Waals surface area contributed by atoms with Crippen LogP contribution in [0.5, 0.6) is 0 Å². The zero-order chi connectivity index (χ0) is 14.9. The third-order valence-corrected chi connectivity index (χ3v) is 4.50. The average Bonchev–Trinajstić information content (AvgIpc) is 2.68. The van der Waals surface area contributed by atoms with Crippen LogP contribution < -0.4 is 4.90 Å². The molecule has 2 rings (SSSR count). The molecule has 2 atom stereocenters. The molecule has 0 bridgehead atoms. The second kappa shape index (κ2) is 5.27. The summed E-state index contributed by atoms with van der Waals surface area (Å²) in [7, 11) is 1.77. The van der Waals surface area contributed by atoms with Crippen LogP contribution in [-0.4, -0.2) is 35.8 Å². The molecule has 0 saturated carbocycles. The van der Waals surface area contributed by atoms with Gasteiger partial charge in [-0.15, -0.1) is 0 Å². The summed E-state index contributed by atoms with van der Waals surface area (Å²) < 4.78 is 0. The highest BCUT2D eigenvalue weighted by molar-refractivity contribution is 6.03. The van der Waals surface area contributed by atoms with E-state index in [2.05, 4.69) is 0 Å². The van der Waals surface area contributed by atoms with Crippen LogP contribution in [0.15, 0.2) is 30.3 Å². The van der Waals surface area contributed by atoms with Crippen LogP contribution >= 0.6 is 0 Å². The van der Waals surface area contributed by atoms with Gasteiger partial charge >= 0.3 is 0 Å². The van der Waals surface area contributed by atoms with E-state index in [1.54, 1.807) is 16.8 Å². The molecule has 1 aliphatic heterocycles. The minimum absolute atomic E-state index is 0.0219.